The van der Waals surface area contributed by atoms with Gasteiger partial charge in [-0.1, -0.05) is 0 Å². The summed E-state index contributed by atoms with van der Waals surface area (Å²) >= 11 is 0. The Morgan fingerprint density at radius 1 is 1.30 bits per heavy atom. The molecule has 1 aromatic heterocycles. The number of anilines is 1. The third-order valence-corrected chi connectivity index (χ3v) is 7.09. The van der Waals surface area contributed by atoms with Crippen molar-refractivity contribution in [1.29, 1.82) is 0 Å². The molecule has 0 radical (unpaired) electrons. The van der Waals surface area contributed by atoms with E-state index in [1.807, 2.05) is 0 Å². The predicted octanol–water partition coefficient (Wildman–Crippen LogP) is 1.49. The maximum atomic E-state index is 11.7. The van der Waals surface area contributed by atoms with Gasteiger partial charge in [0, 0.05) is 12.2 Å². The van der Waals surface area contributed by atoms with Crippen molar-refractivity contribution in [2.24, 2.45) is 11.1 Å². The lowest BCUT2D eigenvalue weighted by Gasteiger charge is -2.31. The van der Waals surface area contributed by atoms with E-state index < -0.39 is 11.5 Å². The lowest BCUT2D eigenvalue weighted by atomic mass is 9.83. The van der Waals surface area contributed by atoms with Gasteiger partial charge in [-0.05, 0) is 56.8 Å². The zero-order valence-electron chi connectivity index (χ0n) is 13.1. The van der Waals surface area contributed by atoms with E-state index in [4.69, 9.17) is 10.7 Å². The van der Waals surface area contributed by atoms with Gasteiger partial charge in [0.15, 0.2) is 0 Å². The summed E-state index contributed by atoms with van der Waals surface area (Å²) in [5, 5.41) is 14.4. The van der Waals surface area contributed by atoms with Crippen LogP contribution < -0.4 is 11.1 Å². The average molecular weight is 314 g/mol. The minimum Gasteiger partial charge on any atom is -0.389 e. The molecule has 0 saturated heterocycles. The average Bonchev–Trinajstić information content (AvgIpc) is 3.03. The zero-order chi connectivity index (χ0) is 15.9. The van der Waals surface area contributed by atoms with Gasteiger partial charge in [-0.2, -0.15) is 0 Å². The molecular weight excluding hydrogens is 292 g/mol. The van der Waals surface area contributed by atoms with Crippen LogP contribution in [-0.2, 0) is 5.41 Å². The van der Waals surface area contributed by atoms with Crippen LogP contribution in [0.4, 0.5) is 5.82 Å². The van der Waals surface area contributed by atoms with E-state index in [1.165, 1.54) is 6.42 Å². The molecule has 1 heterocycles. The number of aromatic nitrogens is 2. The van der Waals surface area contributed by atoms with Crippen molar-refractivity contribution in [2.75, 3.05) is 5.32 Å². The molecule has 1 unspecified atom stereocenters. The molecule has 4 N–H and O–H groups in total. The second-order valence-electron chi connectivity index (χ2n) is 7.99. The number of carbonyl (C=O) groups is 1. The number of rotatable bonds is 4. The van der Waals surface area contributed by atoms with Crippen LogP contribution in [0.3, 0.4) is 0 Å². The van der Waals surface area contributed by atoms with Crippen LogP contribution in [0.15, 0.2) is 6.20 Å². The van der Waals surface area contributed by atoms with Gasteiger partial charge in [0.25, 0.3) is 5.91 Å². The molecule has 122 valence electrons. The third kappa shape index (κ3) is 1.50. The molecule has 4 saturated carbocycles. The number of aliphatic hydroxyl groups is 1. The summed E-state index contributed by atoms with van der Waals surface area (Å²) in [5.41, 5.74) is 5.09. The fraction of sp³-hybridized carbons (Fsp3) is 0.706. The van der Waals surface area contributed by atoms with E-state index in [1.54, 1.807) is 6.20 Å². The number of amides is 1. The van der Waals surface area contributed by atoms with E-state index in [-0.39, 0.29) is 10.8 Å². The Labute approximate surface area is 134 Å². The van der Waals surface area contributed by atoms with Crippen molar-refractivity contribution in [3.63, 3.8) is 0 Å². The molecule has 6 heteroatoms. The van der Waals surface area contributed by atoms with Crippen LogP contribution in [-0.4, -0.2) is 32.6 Å². The normalized spacial score (nSPS) is 40.6. The SMILES string of the molecule is NC(=O)c1cnc(C23CC24CCC3(O)CC4)nc1NC1CCC1. The fourth-order valence-electron chi connectivity index (χ4n) is 5.44. The maximum Gasteiger partial charge on any atom is 0.254 e. The largest absolute Gasteiger partial charge is 0.389 e. The van der Waals surface area contributed by atoms with E-state index in [0.717, 1.165) is 44.9 Å². The Bertz CT molecular complexity index is 707. The number of hydrogen-bond donors (Lipinski definition) is 3. The molecule has 1 aromatic rings. The van der Waals surface area contributed by atoms with Gasteiger partial charge in [-0.25, -0.2) is 9.97 Å². The summed E-state index contributed by atoms with van der Waals surface area (Å²) in [7, 11) is 0. The number of nitrogens with two attached hydrogens (primary N) is 1. The van der Waals surface area contributed by atoms with Crippen LogP contribution in [0.1, 0.15) is 67.5 Å². The highest BCUT2D eigenvalue weighted by atomic mass is 16.3. The monoisotopic (exact) mass is 314 g/mol. The third-order valence-electron chi connectivity index (χ3n) is 7.09. The van der Waals surface area contributed by atoms with Gasteiger partial charge in [0.1, 0.15) is 11.6 Å². The van der Waals surface area contributed by atoms with Crippen molar-refractivity contribution in [3.8, 4) is 0 Å². The van der Waals surface area contributed by atoms with Gasteiger partial charge in [-0.3, -0.25) is 4.79 Å². The van der Waals surface area contributed by atoms with E-state index >= 15 is 0 Å². The predicted molar refractivity (Wildman–Crippen MR) is 84.0 cm³/mol. The Kier molecular flexibility index (Phi) is 2.41. The molecule has 23 heavy (non-hydrogen) atoms. The van der Waals surface area contributed by atoms with Gasteiger partial charge < -0.3 is 16.2 Å². The Hall–Kier alpha value is -1.69. The molecule has 5 rings (SSSR count). The smallest absolute Gasteiger partial charge is 0.254 e. The summed E-state index contributed by atoms with van der Waals surface area (Å²) in [6.07, 6.45) is 9.74. The zero-order valence-corrected chi connectivity index (χ0v) is 13.1. The lowest BCUT2D eigenvalue weighted by molar-refractivity contribution is 0.00559. The highest BCUT2D eigenvalue weighted by molar-refractivity contribution is 5.97. The summed E-state index contributed by atoms with van der Waals surface area (Å²) in [4.78, 5) is 20.9. The summed E-state index contributed by atoms with van der Waals surface area (Å²) in [6.45, 7) is 0. The molecule has 2 bridgehead atoms. The van der Waals surface area contributed by atoms with Crippen LogP contribution >= 0.6 is 0 Å². The van der Waals surface area contributed by atoms with Crippen LogP contribution in [0.2, 0.25) is 0 Å². The molecule has 1 amide bonds. The first-order chi connectivity index (χ1) is 11.0. The molecule has 0 aromatic carbocycles. The number of nitrogens with zero attached hydrogens (tertiary/aromatic N) is 2. The van der Waals surface area contributed by atoms with Crippen molar-refractivity contribution < 1.29 is 9.90 Å². The Morgan fingerprint density at radius 2 is 2.04 bits per heavy atom. The molecule has 4 aliphatic carbocycles. The van der Waals surface area contributed by atoms with E-state index in [0.29, 0.717) is 23.2 Å². The van der Waals surface area contributed by atoms with Gasteiger partial charge in [0.05, 0.1) is 16.6 Å². The first-order valence-electron chi connectivity index (χ1n) is 8.66. The molecule has 1 atom stereocenters. The number of hydrogen-bond acceptors (Lipinski definition) is 5. The quantitative estimate of drug-likeness (QED) is 0.781. The Balaban J connectivity index is 1.57. The van der Waals surface area contributed by atoms with Crippen molar-refractivity contribution in [1.82, 2.24) is 9.97 Å². The Morgan fingerprint density at radius 3 is 2.52 bits per heavy atom. The summed E-state index contributed by atoms with van der Waals surface area (Å²) < 4.78 is 0. The van der Waals surface area contributed by atoms with Crippen LogP contribution in [0.25, 0.3) is 0 Å². The van der Waals surface area contributed by atoms with E-state index in [9.17, 15) is 9.90 Å². The maximum absolute atomic E-state index is 11.7. The minimum atomic E-state index is -0.658. The second kappa shape index (κ2) is 4.04. The van der Waals surface area contributed by atoms with Crippen molar-refractivity contribution in [2.45, 2.75) is 68.4 Å². The number of primary amides is 1. The second-order valence-corrected chi connectivity index (χ2v) is 7.99. The molecular formula is C17H22N4O2. The number of carbonyl (C=O) groups excluding carboxylic acids is 1. The topological polar surface area (TPSA) is 101 Å². The first kappa shape index (κ1) is 13.7. The first-order valence-corrected chi connectivity index (χ1v) is 8.66. The molecule has 0 aliphatic heterocycles. The van der Waals surface area contributed by atoms with Crippen LogP contribution in [0, 0.1) is 5.41 Å². The number of nitrogens with one attached hydrogen (secondary N) is 1. The molecule has 4 aliphatic rings. The fourth-order valence-corrected chi connectivity index (χ4v) is 5.44. The minimum absolute atomic E-state index is 0.198. The van der Waals surface area contributed by atoms with Gasteiger partial charge in [0.2, 0.25) is 0 Å². The molecule has 0 spiro atoms. The van der Waals surface area contributed by atoms with Crippen molar-refractivity contribution in [3.05, 3.63) is 17.6 Å². The lowest BCUT2D eigenvalue weighted by Crippen LogP contribution is -2.39. The summed E-state index contributed by atoms with van der Waals surface area (Å²) in [6, 6.07) is 0.366. The summed E-state index contributed by atoms with van der Waals surface area (Å²) in [5.74, 6) is 0.759. The molecule has 6 nitrogen and oxygen atoms in total. The highest BCUT2D eigenvalue weighted by Crippen LogP contribution is 2.84. The van der Waals surface area contributed by atoms with Gasteiger partial charge in [-0.15, -0.1) is 0 Å². The van der Waals surface area contributed by atoms with Gasteiger partial charge >= 0.3 is 0 Å². The van der Waals surface area contributed by atoms with Crippen molar-refractivity contribution >= 4 is 11.7 Å². The highest BCUT2D eigenvalue weighted by Gasteiger charge is 2.85. The van der Waals surface area contributed by atoms with Crippen LogP contribution in [0.5, 0.6) is 0 Å². The molecule has 4 fully saturated rings. The van der Waals surface area contributed by atoms with E-state index in [2.05, 4.69) is 10.3 Å². The standard InChI is InChI=1S/C17H22N4O2/c18-12(22)11-8-19-14(21-13(11)20-10-2-1-3-10)17-9-15(17)4-6-16(17,23)7-5-15/h8,10,23H,1-7,9H2,(H2,18,22)(H,19,20,21).